The van der Waals surface area contributed by atoms with E-state index in [0.717, 1.165) is 11.3 Å². The normalized spacial score (nSPS) is 12.2. The van der Waals surface area contributed by atoms with Crippen LogP contribution in [0.4, 0.5) is 22.7 Å². The monoisotopic (exact) mass is 446 g/mol. The Morgan fingerprint density at radius 2 is 1.28 bits per heavy atom. The number of nitrogens with zero attached hydrogens (tertiary/aromatic N) is 4. The van der Waals surface area contributed by atoms with Gasteiger partial charge in [-0.3, -0.25) is 4.55 Å². The van der Waals surface area contributed by atoms with E-state index < -0.39 is 15.0 Å². The summed E-state index contributed by atoms with van der Waals surface area (Å²) < 4.78 is 33.4. The standard InChI is InChI=1S/C23H18N4O4S/c1-15-7-12-20-16(13-15)14-21(32(29,30)31)22(23(20)28)27-26-19-10-8-18(9-11-19)25-24-17-5-3-2-4-6-17/h2-14,28H,1H3,(H,29,30,31). The summed E-state index contributed by atoms with van der Waals surface area (Å²) in [5.74, 6) is -0.382. The molecule has 0 spiro atoms. The van der Waals surface area contributed by atoms with Gasteiger partial charge in [-0.25, -0.2) is 0 Å². The molecule has 0 saturated heterocycles. The van der Waals surface area contributed by atoms with Crippen LogP contribution in [0.1, 0.15) is 5.56 Å². The maximum Gasteiger partial charge on any atom is 0.296 e. The first-order valence-corrected chi connectivity index (χ1v) is 11.0. The lowest BCUT2D eigenvalue weighted by atomic mass is 10.1. The second kappa shape index (κ2) is 8.66. The first kappa shape index (κ1) is 21.3. The highest BCUT2D eigenvalue weighted by Crippen LogP contribution is 2.41. The fraction of sp³-hybridized carbons (Fsp3) is 0.0435. The summed E-state index contributed by atoms with van der Waals surface area (Å²) in [6.45, 7) is 1.83. The molecule has 2 N–H and O–H groups in total. The molecule has 4 rings (SSSR count). The van der Waals surface area contributed by atoms with Crippen molar-refractivity contribution in [1.29, 1.82) is 0 Å². The van der Waals surface area contributed by atoms with Crippen molar-refractivity contribution in [1.82, 2.24) is 0 Å². The molecule has 0 aliphatic carbocycles. The third-order valence-corrected chi connectivity index (χ3v) is 5.50. The van der Waals surface area contributed by atoms with Crippen LogP contribution in [0.2, 0.25) is 0 Å². The first-order valence-electron chi connectivity index (χ1n) is 9.54. The maximum absolute atomic E-state index is 11.9. The van der Waals surface area contributed by atoms with Gasteiger partial charge in [-0.1, -0.05) is 42.0 Å². The third kappa shape index (κ3) is 4.69. The van der Waals surface area contributed by atoms with Gasteiger partial charge in [-0.2, -0.15) is 23.8 Å². The molecule has 8 nitrogen and oxygen atoms in total. The average Bonchev–Trinajstić information content (AvgIpc) is 2.77. The predicted molar refractivity (Wildman–Crippen MR) is 121 cm³/mol. The Balaban J connectivity index is 1.67. The molecule has 0 radical (unpaired) electrons. The van der Waals surface area contributed by atoms with Crippen molar-refractivity contribution in [3.8, 4) is 5.75 Å². The summed E-state index contributed by atoms with van der Waals surface area (Å²) in [7, 11) is -4.65. The Hall–Kier alpha value is -3.95. The summed E-state index contributed by atoms with van der Waals surface area (Å²) >= 11 is 0. The van der Waals surface area contributed by atoms with Gasteiger partial charge in [0.1, 0.15) is 10.6 Å². The SMILES string of the molecule is Cc1ccc2c(O)c(N=Nc3ccc(N=Nc4ccccc4)cc3)c(S(=O)(=O)O)cc2c1. The number of phenols is 1. The smallest absolute Gasteiger partial charge is 0.296 e. The number of phenolic OH excluding ortho intramolecular Hbond substituents is 1. The van der Waals surface area contributed by atoms with E-state index in [2.05, 4.69) is 20.5 Å². The van der Waals surface area contributed by atoms with Crippen molar-refractivity contribution in [2.45, 2.75) is 11.8 Å². The van der Waals surface area contributed by atoms with Crippen LogP contribution in [0, 0.1) is 6.92 Å². The number of aromatic hydroxyl groups is 1. The lowest BCUT2D eigenvalue weighted by Crippen LogP contribution is -1.99. The molecule has 0 aliphatic rings. The Kier molecular flexibility index (Phi) is 5.76. The molecule has 0 heterocycles. The molecule has 0 fully saturated rings. The van der Waals surface area contributed by atoms with Crippen LogP contribution >= 0.6 is 0 Å². The van der Waals surface area contributed by atoms with Crippen molar-refractivity contribution < 1.29 is 18.1 Å². The molecule has 9 heteroatoms. The van der Waals surface area contributed by atoms with E-state index in [9.17, 15) is 18.1 Å². The molecule has 0 bridgehead atoms. The van der Waals surface area contributed by atoms with E-state index in [4.69, 9.17) is 0 Å². The second-order valence-electron chi connectivity index (χ2n) is 7.02. The fourth-order valence-corrected chi connectivity index (χ4v) is 3.73. The van der Waals surface area contributed by atoms with Crippen molar-refractivity contribution in [3.05, 3.63) is 84.4 Å². The zero-order chi connectivity index (χ0) is 22.7. The maximum atomic E-state index is 11.9. The van der Waals surface area contributed by atoms with E-state index in [1.54, 1.807) is 42.5 Å². The molecule has 4 aromatic carbocycles. The molecular formula is C23H18N4O4S. The molecule has 0 aliphatic heterocycles. The minimum Gasteiger partial charge on any atom is -0.505 e. The van der Waals surface area contributed by atoms with Crippen LogP contribution in [0.15, 0.2) is 104 Å². The van der Waals surface area contributed by atoms with Crippen LogP contribution in [0.5, 0.6) is 5.75 Å². The van der Waals surface area contributed by atoms with Crippen LogP contribution in [0.25, 0.3) is 10.8 Å². The first-order chi connectivity index (χ1) is 15.3. The Morgan fingerprint density at radius 1 is 0.719 bits per heavy atom. The van der Waals surface area contributed by atoms with Gasteiger partial charge in [0, 0.05) is 5.39 Å². The van der Waals surface area contributed by atoms with Crippen LogP contribution in [-0.2, 0) is 10.1 Å². The molecule has 0 amide bonds. The average molecular weight is 446 g/mol. The number of rotatable bonds is 5. The molecular weight excluding hydrogens is 428 g/mol. The third-order valence-electron chi connectivity index (χ3n) is 4.64. The van der Waals surface area contributed by atoms with Crippen molar-refractivity contribution >= 4 is 43.6 Å². The largest absolute Gasteiger partial charge is 0.505 e. The van der Waals surface area contributed by atoms with Crippen LogP contribution < -0.4 is 0 Å². The minimum atomic E-state index is -4.65. The van der Waals surface area contributed by atoms with Gasteiger partial charge in [0.2, 0.25) is 0 Å². The summed E-state index contributed by atoms with van der Waals surface area (Å²) in [5, 5.41) is 27.7. The highest BCUT2D eigenvalue weighted by molar-refractivity contribution is 7.86. The van der Waals surface area contributed by atoms with E-state index in [1.807, 2.05) is 37.3 Å². The fourth-order valence-electron chi connectivity index (χ4n) is 3.07. The molecule has 32 heavy (non-hydrogen) atoms. The van der Waals surface area contributed by atoms with Gasteiger partial charge in [0.15, 0.2) is 5.75 Å². The summed E-state index contributed by atoms with van der Waals surface area (Å²) in [5.41, 5.74) is 2.24. The highest BCUT2D eigenvalue weighted by atomic mass is 32.2. The van der Waals surface area contributed by atoms with Gasteiger partial charge >= 0.3 is 0 Å². The molecule has 0 unspecified atom stereocenters. The topological polar surface area (TPSA) is 124 Å². The van der Waals surface area contributed by atoms with Crippen molar-refractivity contribution in [3.63, 3.8) is 0 Å². The Labute approximate surface area is 184 Å². The molecule has 0 aromatic heterocycles. The zero-order valence-corrected chi connectivity index (χ0v) is 17.7. The molecule has 4 aromatic rings. The Bertz CT molecular complexity index is 1450. The van der Waals surface area contributed by atoms with Gasteiger partial charge in [-0.05, 0) is 54.8 Å². The predicted octanol–water partition coefficient (Wildman–Crippen LogP) is 6.93. The van der Waals surface area contributed by atoms with Gasteiger partial charge in [-0.15, -0.1) is 5.11 Å². The van der Waals surface area contributed by atoms with Gasteiger partial charge in [0.05, 0.1) is 17.1 Å². The van der Waals surface area contributed by atoms with Crippen LogP contribution in [-0.4, -0.2) is 18.1 Å². The number of hydrogen-bond donors (Lipinski definition) is 2. The quantitative estimate of drug-likeness (QED) is 0.255. The number of fused-ring (bicyclic) bond motifs is 1. The highest BCUT2D eigenvalue weighted by Gasteiger charge is 2.22. The zero-order valence-electron chi connectivity index (χ0n) is 16.9. The van der Waals surface area contributed by atoms with Crippen molar-refractivity contribution in [2.24, 2.45) is 20.5 Å². The number of hydrogen-bond acceptors (Lipinski definition) is 7. The number of azo groups is 2. The van der Waals surface area contributed by atoms with Gasteiger partial charge in [0.25, 0.3) is 10.1 Å². The summed E-state index contributed by atoms with van der Waals surface area (Å²) in [6.07, 6.45) is 0. The lowest BCUT2D eigenvalue weighted by Gasteiger charge is -2.09. The Morgan fingerprint density at radius 3 is 1.88 bits per heavy atom. The lowest BCUT2D eigenvalue weighted by molar-refractivity contribution is 0.472. The van der Waals surface area contributed by atoms with Crippen LogP contribution in [0.3, 0.4) is 0 Å². The van der Waals surface area contributed by atoms with Crippen molar-refractivity contribution in [2.75, 3.05) is 0 Å². The molecule has 160 valence electrons. The van der Waals surface area contributed by atoms with E-state index >= 15 is 0 Å². The number of aryl methyl sites for hydroxylation is 1. The van der Waals surface area contributed by atoms with Gasteiger partial charge < -0.3 is 5.11 Å². The second-order valence-corrected chi connectivity index (χ2v) is 8.41. The van der Waals surface area contributed by atoms with E-state index in [0.29, 0.717) is 22.1 Å². The minimum absolute atomic E-state index is 0.336. The summed E-state index contributed by atoms with van der Waals surface area (Å²) in [6, 6.07) is 22.3. The molecule has 0 saturated carbocycles. The molecule has 0 atom stereocenters. The number of benzene rings is 4. The van der Waals surface area contributed by atoms with E-state index in [-0.39, 0.29) is 11.4 Å². The summed E-state index contributed by atoms with van der Waals surface area (Å²) in [4.78, 5) is -0.523. The van der Waals surface area contributed by atoms with E-state index in [1.165, 1.54) is 6.07 Å².